The van der Waals surface area contributed by atoms with E-state index in [1.807, 2.05) is 0 Å². The highest BCUT2D eigenvalue weighted by molar-refractivity contribution is 7.87. The van der Waals surface area contributed by atoms with E-state index in [2.05, 4.69) is 6.58 Å². The Kier molecular flexibility index (Phi) is 4.71. The number of carbonyl (C=O) groups excluding carboxylic acids is 4. The zero-order chi connectivity index (χ0) is 24.1. The zero-order valence-corrected chi connectivity index (χ0v) is 19.1. The van der Waals surface area contributed by atoms with Crippen LogP contribution in [0, 0.1) is 35.5 Å². The monoisotopic (exact) mass is 496 g/mol. The third kappa shape index (κ3) is 3.00. The molecule has 0 spiro atoms. The summed E-state index contributed by atoms with van der Waals surface area (Å²) >= 11 is 0. The van der Waals surface area contributed by atoms with Gasteiger partial charge in [-0.25, -0.2) is 9.59 Å². The predicted octanol–water partition coefficient (Wildman–Crippen LogP) is -0.126. The molecule has 6 fully saturated rings. The second kappa shape index (κ2) is 7.27. The first-order valence-corrected chi connectivity index (χ1v) is 12.9. The molecule has 4 aliphatic carbocycles. The van der Waals surface area contributed by atoms with Crippen LogP contribution in [0.2, 0.25) is 0 Å². The number of ether oxygens (including phenoxy) is 4. The molecular weight excluding hydrogens is 472 g/mol. The van der Waals surface area contributed by atoms with Crippen molar-refractivity contribution in [3.05, 3.63) is 12.2 Å². The van der Waals surface area contributed by atoms with E-state index in [9.17, 15) is 27.6 Å². The molecule has 6 rings (SSSR count). The molecule has 6 aliphatic rings. The Labute approximate surface area is 195 Å². The standard InChI is InChI=1S/C22H24O11S/c1-7(2)20(24)29-6-13(23)30-17-10-5-11-15(22(26)32-18(11)17)14(10)21(25)31-16-8-3-9-12(4-8)34(27,28)33-19(9)16/h8-12,14-19H,1,3-6H2,2H3. The molecular formula is C22H24O11S. The summed E-state index contributed by atoms with van der Waals surface area (Å²) in [5, 5.41) is -0.534. The van der Waals surface area contributed by atoms with Crippen LogP contribution in [-0.2, 0) is 52.4 Å². The van der Waals surface area contributed by atoms with Crippen LogP contribution < -0.4 is 0 Å². The second-order valence-electron chi connectivity index (χ2n) is 10.2. The van der Waals surface area contributed by atoms with Gasteiger partial charge in [-0.3, -0.25) is 13.8 Å². The molecule has 184 valence electrons. The van der Waals surface area contributed by atoms with E-state index in [1.165, 1.54) is 6.92 Å². The van der Waals surface area contributed by atoms with E-state index >= 15 is 0 Å². The summed E-state index contributed by atoms with van der Waals surface area (Å²) in [6, 6.07) is 0. The summed E-state index contributed by atoms with van der Waals surface area (Å²) in [6.07, 6.45) is -1.39. The first kappa shape index (κ1) is 22.0. The maximum atomic E-state index is 13.3. The highest BCUT2D eigenvalue weighted by atomic mass is 32.2. The number of hydrogen-bond donors (Lipinski definition) is 0. The number of fused-ring (bicyclic) bond motifs is 2. The summed E-state index contributed by atoms with van der Waals surface area (Å²) < 4.78 is 51.2. The van der Waals surface area contributed by atoms with Gasteiger partial charge >= 0.3 is 23.9 Å². The third-order valence-electron chi connectivity index (χ3n) is 8.42. The lowest BCUT2D eigenvalue weighted by atomic mass is 9.78. The lowest BCUT2D eigenvalue weighted by Crippen LogP contribution is -2.46. The Balaban J connectivity index is 1.16. The first-order chi connectivity index (χ1) is 16.1. The van der Waals surface area contributed by atoms with Crippen LogP contribution in [0.25, 0.3) is 0 Å². The predicted molar refractivity (Wildman–Crippen MR) is 108 cm³/mol. The number of rotatable bonds is 6. The topological polar surface area (TPSA) is 149 Å². The molecule has 11 nitrogen and oxygen atoms in total. The van der Waals surface area contributed by atoms with E-state index in [1.54, 1.807) is 0 Å². The summed E-state index contributed by atoms with van der Waals surface area (Å²) in [4.78, 5) is 49.7. The van der Waals surface area contributed by atoms with Gasteiger partial charge in [0.2, 0.25) is 0 Å². The average molecular weight is 496 g/mol. The fraction of sp³-hybridized carbons (Fsp3) is 0.727. The van der Waals surface area contributed by atoms with Gasteiger partial charge in [0.15, 0.2) is 6.61 Å². The van der Waals surface area contributed by atoms with E-state index in [0.29, 0.717) is 19.3 Å². The molecule has 11 atom stereocenters. The Morgan fingerprint density at radius 2 is 1.79 bits per heavy atom. The Morgan fingerprint density at radius 1 is 1.03 bits per heavy atom. The van der Waals surface area contributed by atoms with Gasteiger partial charge < -0.3 is 18.9 Å². The molecule has 4 saturated carbocycles. The van der Waals surface area contributed by atoms with Gasteiger partial charge in [0.1, 0.15) is 24.4 Å². The van der Waals surface area contributed by atoms with Gasteiger partial charge in [-0.1, -0.05) is 6.58 Å². The maximum absolute atomic E-state index is 13.3. The molecule has 11 unspecified atom stereocenters. The zero-order valence-electron chi connectivity index (χ0n) is 18.3. The molecule has 0 amide bonds. The summed E-state index contributed by atoms with van der Waals surface area (Å²) in [7, 11) is -3.65. The minimum absolute atomic E-state index is 0.0975. The van der Waals surface area contributed by atoms with Crippen molar-refractivity contribution in [2.75, 3.05) is 6.61 Å². The van der Waals surface area contributed by atoms with E-state index in [-0.39, 0.29) is 23.3 Å². The minimum atomic E-state index is -3.65. The summed E-state index contributed by atoms with van der Waals surface area (Å²) in [5.74, 6) is -5.28. The third-order valence-corrected chi connectivity index (χ3v) is 10.2. The smallest absolute Gasteiger partial charge is 0.344 e. The summed E-state index contributed by atoms with van der Waals surface area (Å²) in [5.41, 5.74) is 0.133. The minimum Gasteiger partial charge on any atom is -0.459 e. The van der Waals surface area contributed by atoms with Crippen molar-refractivity contribution in [1.82, 2.24) is 0 Å². The maximum Gasteiger partial charge on any atom is 0.344 e. The number of esters is 4. The van der Waals surface area contributed by atoms with Crippen molar-refractivity contribution in [1.29, 1.82) is 0 Å². The molecule has 0 aromatic carbocycles. The molecule has 2 heterocycles. The fourth-order valence-electron chi connectivity index (χ4n) is 7.16. The van der Waals surface area contributed by atoms with Crippen LogP contribution in [0.4, 0.5) is 0 Å². The lowest BCUT2D eigenvalue weighted by Gasteiger charge is -2.32. The van der Waals surface area contributed by atoms with Crippen molar-refractivity contribution in [3.63, 3.8) is 0 Å². The van der Waals surface area contributed by atoms with Gasteiger partial charge in [0, 0.05) is 29.2 Å². The second-order valence-corrected chi connectivity index (χ2v) is 12.0. The van der Waals surface area contributed by atoms with Gasteiger partial charge in [-0.2, -0.15) is 8.42 Å². The molecule has 12 heteroatoms. The van der Waals surface area contributed by atoms with Crippen LogP contribution >= 0.6 is 0 Å². The van der Waals surface area contributed by atoms with Crippen molar-refractivity contribution < 1.29 is 50.7 Å². The molecule has 0 N–H and O–H groups in total. The van der Waals surface area contributed by atoms with Crippen LogP contribution in [0.1, 0.15) is 26.2 Å². The van der Waals surface area contributed by atoms with E-state index in [4.69, 9.17) is 23.1 Å². The van der Waals surface area contributed by atoms with Crippen molar-refractivity contribution in [2.45, 2.75) is 55.9 Å². The van der Waals surface area contributed by atoms with E-state index in [0.717, 1.165) is 0 Å². The number of carbonyl (C=O) groups is 4. The molecule has 4 bridgehead atoms. The molecule has 2 aliphatic heterocycles. The number of hydrogen-bond acceptors (Lipinski definition) is 11. The first-order valence-electron chi connectivity index (χ1n) is 11.4. The summed E-state index contributed by atoms with van der Waals surface area (Å²) in [6.45, 7) is 4.25. The average Bonchev–Trinajstić information content (AvgIpc) is 3.55. The van der Waals surface area contributed by atoms with Crippen LogP contribution in [0.15, 0.2) is 12.2 Å². The van der Waals surface area contributed by atoms with Gasteiger partial charge in [-0.05, 0) is 26.2 Å². The quantitative estimate of drug-likeness (QED) is 0.210. The van der Waals surface area contributed by atoms with Crippen molar-refractivity contribution in [2.24, 2.45) is 35.5 Å². The van der Waals surface area contributed by atoms with Crippen molar-refractivity contribution >= 4 is 34.0 Å². The Hall–Kier alpha value is -2.47. The van der Waals surface area contributed by atoms with Gasteiger partial charge in [0.25, 0.3) is 10.1 Å². The van der Waals surface area contributed by atoms with E-state index < -0.39 is 88.0 Å². The molecule has 0 radical (unpaired) electrons. The normalized spacial score (nSPS) is 45.8. The van der Waals surface area contributed by atoms with Crippen LogP contribution in [-0.4, -0.2) is 68.6 Å². The molecule has 0 aromatic heterocycles. The fourth-order valence-corrected chi connectivity index (χ4v) is 9.04. The molecule has 34 heavy (non-hydrogen) atoms. The van der Waals surface area contributed by atoms with Crippen LogP contribution in [0.3, 0.4) is 0 Å². The Morgan fingerprint density at radius 3 is 2.53 bits per heavy atom. The van der Waals surface area contributed by atoms with Gasteiger partial charge in [-0.15, -0.1) is 0 Å². The Bertz CT molecular complexity index is 1110. The largest absolute Gasteiger partial charge is 0.459 e. The SMILES string of the molecule is C=C(C)C(=O)OCC(=O)OC1C2CC3C1OC(=O)C3C2C(=O)OC1C2CC3C1OS(=O)(=O)C3C2. The highest BCUT2D eigenvalue weighted by Crippen LogP contribution is 2.60. The lowest BCUT2D eigenvalue weighted by molar-refractivity contribution is -0.174. The molecule has 2 saturated heterocycles. The highest BCUT2D eigenvalue weighted by Gasteiger charge is 2.71. The van der Waals surface area contributed by atoms with Gasteiger partial charge in [0.05, 0.1) is 17.1 Å². The van der Waals surface area contributed by atoms with Crippen molar-refractivity contribution in [3.8, 4) is 0 Å². The van der Waals surface area contributed by atoms with Crippen LogP contribution in [0.5, 0.6) is 0 Å². The molecule has 0 aromatic rings.